The van der Waals surface area contributed by atoms with Gasteiger partial charge >= 0.3 is 5.97 Å². The van der Waals surface area contributed by atoms with Crippen LogP contribution in [-0.4, -0.2) is 29.6 Å². The number of hydrogen-bond acceptors (Lipinski definition) is 3. The predicted molar refractivity (Wildman–Crippen MR) is 54.4 cm³/mol. The van der Waals surface area contributed by atoms with Gasteiger partial charge in [0.15, 0.2) is 6.61 Å². The van der Waals surface area contributed by atoms with Crippen LogP contribution in [0, 0.1) is 0 Å². The smallest absolute Gasteiger partial charge is 0.355 e. The van der Waals surface area contributed by atoms with E-state index >= 15 is 0 Å². The first kappa shape index (κ1) is 11.3. The first-order chi connectivity index (χ1) is 7.15. The Hall–Kier alpha value is -1.78. The van der Waals surface area contributed by atoms with Crippen LogP contribution in [0.2, 0.25) is 0 Å². The molecule has 1 heterocycles. The summed E-state index contributed by atoms with van der Waals surface area (Å²) in [5, 5.41) is 2.54. The molecule has 0 unspecified atom stereocenters. The average Bonchev–Trinajstić information content (AvgIpc) is 2.61. The molecule has 1 aromatic rings. The summed E-state index contributed by atoms with van der Waals surface area (Å²) in [5.74, 6) is -0.784. The highest BCUT2D eigenvalue weighted by atomic mass is 16.5. The standard InChI is InChI=1S/C10H14N2O3/c1-3-11-9(13)7-15-10(14)8-5-4-6-12(8)2/h4-6H,3,7H2,1-2H3,(H,11,13). The van der Waals surface area contributed by atoms with Crippen LogP contribution in [-0.2, 0) is 16.6 Å². The number of esters is 1. The first-order valence-electron chi connectivity index (χ1n) is 4.70. The maximum absolute atomic E-state index is 11.4. The fourth-order valence-corrected chi connectivity index (χ4v) is 1.13. The number of nitrogens with zero attached hydrogens (tertiary/aromatic N) is 1. The molecule has 0 aromatic carbocycles. The van der Waals surface area contributed by atoms with Gasteiger partial charge in [-0.1, -0.05) is 0 Å². The molecule has 1 N–H and O–H groups in total. The number of aryl methyl sites for hydroxylation is 1. The van der Waals surface area contributed by atoms with Crippen LogP contribution < -0.4 is 5.32 Å². The minimum Gasteiger partial charge on any atom is -0.451 e. The number of hydrogen-bond donors (Lipinski definition) is 1. The Morgan fingerprint density at radius 3 is 2.80 bits per heavy atom. The molecule has 0 bridgehead atoms. The van der Waals surface area contributed by atoms with Gasteiger partial charge in [0, 0.05) is 19.8 Å². The minimum absolute atomic E-state index is 0.238. The van der Waals surface area contributed by atoms with Gasteiger partial charge in [-0.15, -0.1) is 0 Å². The molecule has 1 rings (SSSR count). The molecular formula is C10H14N2O3. The van der Waals surface area contributed by atoms with Gasteiger partial charge in [-0.05, 0) is 19.1 Å². The Balaban J connectivity index is 2.44. The summed E-state index contributed by atoms with van der Waals surface area (Å²) in [6.45, 7) is 2.09. The van der Waals surface area contributed by atoms with E-state index in [1.807, 2.05) is 0 Å². The molecule has 1 amide bonds. The maximum atomic E-state index is 11.4. The van der Waals surface area contributed by atoms with Crippen molar-refractivity contribution in [1.82, 2.24) is 9.88 Å². The lowest BCUT2D eigenvalue weighted by atomic mass is 10.4. The Morgan fingerprint density at radius 2 is 2.27 bits per heavy atom. The summed E-state index contributed by atoms with van der Waals surface area (Å²) >= 11 is 0. The molecule has 1 aromatic heterocycles. The minimum atomic E-state index is -0.492. The Kier molecular flexibility index (Phi) is 3.91. The highest BCUT2D eigenvalue weighted by Crippen LogP contribution is 2.01. The number of carbonyl (C=O) groups is 2. The van der Waals surface area contributed by atoms with Gasteiger partial charge < -0.3 is 14.6 Å². The summed E-state index contributed by atoms with van der Waals surface area (Å²) in [6, 6.07) is 3.38. The van der Waals surface area contributed by atoms with Crippen LogP contribution in [0.3, 0.4) is 0 Å². The van der Waals surface area contributed by atoms with Crippen LogP contribution in [0.1, 0.15) is 17.4 Å². The molecule has 0 radical (unpaired) electrons. The fraction of sp³-hybridized carbons (Fsp3) is 0.400. The highest BCUT2D eigenvalue weighted by Gasteiger charge is 2.11. The zero-order valence-corrected chi connectivity index (χ0v) is 8.82. The van der Waals surface area contributed by atoms with E-state index in [-0.39, 0.29) is 12.5 Å². The zero-order chi connectivity index (χ0) is 11.3. The largest absolute Gasteiger partial charge is 0.451 e. The van der Waals surface area contributed by atoms with Gasteiger partial charge in [0.1, 0.15) is 5.69 Å². The molecule has 15 heavy (non-hydrogen) atoms. The number of rotatable bonds is 4. The van der Waals surface area contributed by atoms with Crippen molar-refractivity contribution in [2.75, 3.05) is 13.2 Å². The molecule has 0 aliphatic rings. The molecule has 0 spiro atoms. The van der Waals surface area contributed by atoms with Crippen molar-refractivity contribution in [3.05, 3.63) is 24.0 Å². The molecule has 5 nitrogen and oxygen atoms in total. The monoisotopic (exact) mass is 210 g/mol. The second-order valence-corrected chi connectivity index (χ2v) is 3.03. The number of aromatic nitrogens is 1. The third kappa shape index (κ3) is 3.12. The highest BCUT2D eigenvalue weighted by molar-refractivity contribution is 5.89. The third-order valence-corrected chi connectivity index (χ3v) is 1.86. The van der Waals surface area contributed by atoms with Gasteiger partial charge in [-0.3, -0.25) is 4.79 Å². The third-order valence-electron chi connectivity index (χ3n) is 1.86. The molecule has 5 heteroatoms. The van der Waals surface area contributed by atoms with E-state index in [4.69, 9.17) is 4.74 Å². The summed E-state index contributed by atoms with van der Waals surface area (Å²) in [7, 11) is 1.74. The lowest BCUT2D eigenvalue weighted by molar-refractivity contribution is -0.124. The van der Waals surface area contributed by atoms with Gasteiger partial charge in [0.05, 0.1) is 0 Å². The SMILES string of the molecule is CCNC(=O)COC(=O)c1cccn1C. The van der Waals surface area contributed by atoms with Crippen LogP contribution >= 0.6 is 0 Å². The molecular weight excluding hydrogens is 196 g/mol. The second-order valence-electron chi connectivity index (χ2n) is 3.03. The summed E-state index contributed by atoms with van der Waals surface area (Å²) in [6.07, 6.45) is 1.74. The summed E-state index contributed by atoms with van der Waals surface area (Å²) < 4.78 is 6.45. The van der Waals surface area contributed by atoms with Crippen molar-refractivity contribution >= 4 is 11.9 Å². The van der Waals surface area contributed by atoms with Gasteiger partial charge in [0.2, 0.25) is 0 Å². The van der Waals surface area contributed by atoms with E-state index in [1.165, 1.54) is 0 Å². The molecule has 82 valence electrons. The number of ether oxygens (including phenoxy) is 1. The van der Waals surface area contributed by atoms with E-state index in [0.29, 0.717) is 12.2 Å². The predicted octanol–water partition coefficient (Wildman–Crippen LogP) is 0.318. The molecule has 0 saturated heterocycles. The summed E-state index contributed by atoms with van der Waals surface area (Å²) in [5.41, 5.74) is 0.430. The van der Waals surface area contributed by atoms with Crippen LogP contribution in [0.4, 0.5) is 0 Å². The van der Waals surface area contributed by atoms with Crippen LogP contribution in [0.15, 0.2) is 18.3 Å². The van der Waals surface area contributed by atoms with Crippen molar-refractivity contribution in [1.29, 1.82) is 0 Å². The number of carbonyl (C=O) groups excluding carboxylic acids is 2. The normalized spacial score (nSPS) is 9.73. The van der Waals surface area contributed by atoms with E-state index in [1.54, 1.807) is 36.9 Å². The molecule has 0 atom stereocenters. The second kappa shape index (κ2) is 5.19. The lowest BCUT2D eigenvalue weighted by Gasteiger charge is -2.05. The topological polar surface area (TPSA) is 60.3 Å². The quantitative estimate of drug-likeness (QED) is 0.728. The number of amides is 1. The van der Waals surface area contributed by atoms with Crippen LogP contribution in [0.5, 0.6) is 0 Å². The van der Waals surface area contributed by atoms with Crippen molar-refractivity contribution in [2.24, 2.45) is 7.05 Å². The van der Waals surface area contributed by atoms with Gasteiger partial charge in [0.25, 0.3) is 5.91 Å². The van der Waals surface area contributed by atoms with Crippen molar-refractivity contribution < 1.29 is 14.3 Å². The fourth-order valence-electron chi connectivity index (χ4n) is 1.13. The van der Waals surface area contributed by atoms with E-state index in [0.717, 1.165) is 0 Å². The van der Waals surface area contributed by atoms with Crippen LogP contribution in [0.25, 0.3) is 0 Å². The van der Waals surface area contributed by atoms with Crippen molar-refractivity contribution in [3.63, 3.8) is 0 Å². The molecule has 0 fully saturated rings. The maximum Gasteiger partial charge on any atom is 0.355 e. The Labute approximate surface area is 88.0 Å². The zero-order valence-electron chi connectivity index (χ0n) is 8.82. The van der Waals surface area contributed by atoms with E-state index < -0.39 is 5.97 Å². The Morgan fingerprint density at radius 1 is 1.53 bits per heavy atom. The van der Waals surface area contributed by atoms with E-state index in [2.05, 4.69) is 5.32 Å². The number of likely N-dealkylation sites (N-methyl/N-ethyl adjacent to an activating group) is 1. The van der Waals surface area contributed by atoms with Gasteiger partial charge in [-0.25, -0.2) is 4.79 Å². The number of nitrogens with one attached hydrogen (secondary N) is 1. The molecule has 0 aliphatic carbocycles. The first-order valence-corrected chi connectivity index (χ1v) is 4.70. The van der Waals surface area contributed by atoms with Crippen molar-refractivity contribution in [3.8, 4) is 0 Å². The average molecular weight is 210 g/mol. The Bertz CT molecular complexity index is 357. The lowest BCUT2D eigenvalue weighted by Crippen LogP contribution is -2.28. The van der Waals surface area contributed by atoms with E-state index in [9.17, 15) is 9.59 Å². The molecule has 0 saturated carbocycles. The molecule has 0 aliphatic heterocycles. The van der Waals surface area contributed by atoms with Crippen molar-refractivity contribution in [2.45, 2.75) is 6.92 Å². The summed E-state index contributed by atoms with van der Waals surface area (Å²) in [4.78, 5) is 22.4. The van der Waals surface area contributed by atoms with Gasteiger partial charge in [-0.2, -0.15) is 0 Å².